The molecule has 2 aromatic rings. The molecule has 0 saturated carbocycles. The summed E-state index contributed by atoms with van der Waals surface area (Å²) in [4.78, 5) is 12.7. The molecule has 2 aromatic carbocycles. The Morgan fingerprint density at radius 2 is 1.69 bits per heavy atom. The normalized spacial score (nSPS) is 18.8. The molecule has 1 aliphatic heterocycles. The highest BCUT2D eigenvalue weighted by Gasteiger charge is 2.41. The van der Waals surface area contributed by atoms with Crippen LogP contribution >= 0.6 is 0 Å². The molecule has 9 nitrogen and oxygen atoms in total. The van der Waals surface area contributed by atoms with Crippen LogP contribution in [0.2, 0.25) is 0 Å². The Morgan fingerprint density at radius 1 is 1.07 bits per heavy atom. The summed E-state index contributed by atoms with van der Waals surface area (Å²) >= 11 is 0. The van der Waals surface area contributed by atoms with Crippen molar-refractivity contribution in [1.29, 1.82) is 0 Å². The average molecular weight is 420 g/mol. The zero-order chi connectivity index (χ0) is 20.9. The number of benzene rings is 2. The third kappa shape index (κ3) is 5.17. The summed E-state index contributed by atoms with van der Waals surface area (Å²) < 4.78 is 38.6. The molecule has 0 radical (unpaired) electrons. The van der Waals surface area contributed by atoms with Gasteiger partial charge in [-0.25, -0.2) is 13.8 Å². The molecular formula is C19H24N4O5S. The summed E-state index contributed by atoms with van der Waals surface area (Å²) in [5.41, 5.74) is 6.37. The summed E-state index contributed by atoms with van der Waals surface area (Å²) in [6, 6.07) is 13.4. The number of nitrogens with one attached hydrogen (secondary N) is 4. The lowest BCUT2D eigenvalue weighted by Gasteiger charge is -2.19. The zero-order valence-corrected chi connectivity index (χ0v) is 17.0. The standard InChI is InChI=1S/C19H24N4O5S/c1-3-28-16-10-6-14(7-11-16)23-29(25,26)19-17(12-20-22-19)18(24)21-13-4-8-15(27-2)9-5-13/h4-11,17,19-20,22-23H,3,12H2,1-2H3,(H,21,24). The fraction of sp³-hybridized carbons (Fsp3) is 0.316. The number of ether oxygens (including phenoxy) is 2. The first-order valence-electron chi connectivity index (χ1n) is 9.10. The maximum atomic E-state index is 12.8. The van der Waals surface area contributed by atoms with E-state index >= 15 is 0 Å². The van der Waals surface area contributed by atoms with Gasteiger partial charge in [0.25, 0.3) is 10.0 Å². The number of carbonyl (C=O) groups is 1. The van der Waals surface area contributed by atoms with Crippen molar-refractivity contribution < 1.29 is 22.7 Å². The van der Waals surface area contributed by atoms with Crippen LogP contribution < -0.4 is 30.4 Å². The van der Waals surface area contributed by atoms with Crippen LogP contribution in [0.5, 0.6) is 11.5 Å². The second-order valence-corrected chi connectivity index (χ2v) is 8.18. The molecule has 1 fully saturated rings. The van der Waals surface area contributed by atoms with Gasteiger partial charge in [0, 0.05) is 17.9 Å². The van der Waals surface area contributed by atoms with Gasteiger partial charge in [-0.1, -0.05) is 0 Å². The molecule has 1 heterocycles. The third-order valence-corrected chi connectivity index (χ3v) is 6.02. The highest BCUT2D eigenvalue weighted by Crippen LogP contribution is 2.22. The van der Waals surface area contributed by atoms with Gasteiger partial charge in [-0.3, -0.25) is 14.9 Å². The lowest BCUT2D eigenvalue weighted by molar-refractivity contribution is -0.119. The van der Waals surface area contributed by atoms with Gasteiger partial charge in [0.2, 0.25) is 5.91 Å². The van der Waals surface area contributed by atoms with E-state index in [4.69, 9.17) is 9.47 Å². The van der Waals surface area contributed by atoms with Gasteiger partial charge in [-0.15, -0.1) is 0 Å². The van der Waals surface area contributed by atoms with Crippen LogP contribution in [0.15, 0.2) is 48.5 Å². The Balaban J connectivity index is 1.68. The molecule has 10 heteroatoms. The van der Waals surface area contributed by atoms with Crippen molar-refractivity contribution in [3.8, 4) is 11.5 Å². The lowest BCUT2D eigenvalue weighted by atomic mass is 10.1. The van der Waals surface area contributed by atoms with Gasteiger partial charge in [-0.05, 0) is 55.5 Å². The SMILES string of the molecule is CCOc1ccc(NS(=O)(=O)C2NNCC2C(=O)Nc2ccc(OC)cc2)cc1. The van der Waals surface area contributed by atoms with Crippen molar-refractivity contribution in [2.75, 3.05) is 30.3 Å². The predicted molar refractivity (Wildman–Crippen MR) is 110 cm³/mol. The number of methoxy groups -OCH3 is 1. The molecule has 2 atom stereocenters. The van der Waals surface area contributed by atoms with E-state index in [0.717, 1.165) is 0 Å². The Kier molecular flexibility index (Phi) is 6.57. The van der Waals surface area contributed by atoms with E-state index < -0.39 is 27.2 Å². The number of hydrogen-bond acceptors (Lipinski definition) is 7. The third-order valence-electron chi connectivity index (χ3n) is 4.39. The van der Waals surface area contributed by atoms with E-state index in [1.165, 1.54) is 0 Å². The highest BCUT2D eigenvalue weighted by molar-refractivity contribution is 7.93. The molecule has 1 saturated heterocycles. The van der Waals surface area contributed by atoms with Crippen LogP contribution in [0, 0.1) is 5.92 Å². The van der Waals surface area contributed by atoms with Crippen molar-refractivity contribution in [1.82, 2.24) is 10.9 Å². The largest absolute Gasteiger partial charge is 0.497 e. The number of anilines is 2. The fourth-order valence-electron chi connectivity index (χ4n) is 2.92. The number of hydrogen-bond donors (Lipinski definition) is 4. The Morgan fingerprint density at radius 3 is 2.31 bits per heavy atom. The summed E-state index contributed by atoms with van der Waals surface area (Å²) in [6.45, 7) is 2.57. The van der Waals surface area contributed by atoms with Crippen LogP contribution in [0.1, 0.15) is 6.92 Å². The summed E-state index contributed by atoms with van der Waals surface area (Å²) in [6.07, 6.45) is 0. The average Bonchev–Trinajstić information content (AvgIpc) is 3.21. The van der Waals surface area contributed by atoms with E-state index in [0.29, 0.717) is 29.5 Å². The van der Waals surface area contributed by atoms with Crippen molar-refractivity contribution in [3.05, 3.63) is 48.5 Å². The molecule has 156 valence electrons. The smallest absolute Gasteiger partial charge is 0.250 e. The molecule has 0 aromatic heterocycles. The van der Waals surface area contributed by atoms with Crippen molar-refractivity contribution in [2.45, 2.75) is 12.3 Å². The second kappa shape index (κ2) is 9.12. The first-order valence-corrected chi connectivity index (χ1v) is 10.7. The topological polar surface area (TPSA) is 118 Å². The Hall–Kier alpha value is -2.82. The minimum Gasteiger partial charge on any atom is -0.497 e. The van der Waals surface area contributed by atoms with Gasteiger partial charge in [0.1, 0.15) is 11.5 Å². The first kappa shape index (κ1) is 20.9. The number of sulfonamides is 1. The van der Waals surface area contributed by atoms with E-state index in [2.05, 4.69) is 20.9 Å². The van der Waals surface area contributed by atoms with E-state index in [9.17, 15) is 13.2 Å². The second-order valence-electron chi connectivity index (χ2n) is 6.37. The van der Waals surface area contributed by atoms with Gasteiger partial charge < -0.3 is 14.8 Å². The Bertz CT molecular complexity index is 932. The first-order chi connectivity index (χ1) is 13.9. The molecule has 0 spiro atoms. The van der Waals surface area contributed by atoms with Crippen molar-refractivity contribution in [2.24, 2.45) is 5.92 Å². The summed E-state index contributed by atoms with van der Waals surface area (Å²) in [5.74, 6) is 0.0760. The number of amides is 1. The van der Waals surface area contributed by atoms with Crippen molar-refractivity contribution in [3.63, 3.8) is 0 Å². The van der Waals surface area contributed by atoms with E-state index in [-0.39, 0.29) is 6.54 Å². The number of hydrazine groups is 1. The molecule has 4 N–H and O–H groups in total. The molecule has 2 unspecified atom stereocenters. The van der Waals surface area contributed by atoms with Gasteiger partial charge in [-0.2, -0.15) is 0 Å². The lowest BCUT2D eigenvalue weighted by Crippen LogP contribution is -2.45. The van der Waals surface area contributed by atoms with Crippen LogP contribution in [0.25, 0.3) is 0 Å². The maximum absolute atomic E-state index is 12.8. The number of carbonyl (C=O) groups excluding carboxylic acids is 1. The van der Waals surface area contributed by atoms with Crippen LogP contribution in [0.4, 0.5) is 11.4 Å². The maximum Gasteiger partial charge on any atom is 0.250 e. The highest BCUT2D eigenvalue weighted by atomic mass is 32.2. The van der Waals surface area contributed by atoms with Crippen LogP contribution in [0.3, 0.4) is 0 Å². The molecule has 0 bridgehead atoms. The minimum absolute atomic E-state index is 0.177. The molecule has 1 aliphatic rings. The van der Waals surface area contributed by atoms with E-state index in [1.807, 2.05) is 6.92 Å². The quantitative estimate of drug-likeness (QED) is 0.511. The van der Waals surface area contributed by atoms with Crippen LogP contribution in [-0.4, -0.2) is 40.0 Å². The van der Waals surface area contributed by atoms with Gasteiger partial charge >= 0.3 is 0 Å². The van der Waals surface area contributed by atoms with E-state index in [1.54, 1.807) is 55.6 Å². The zero-order valence-electron chi connectivity index (χ0n) is 16.1. The fourth-order valence-corrected chi connectivity index (χ4v) is 4.41. The van der Waals surface area contributed by atoms with Crippen molar-refractivity contribution >= 4 is 27.3 Å². The predicted octanol–water partition coefficient (Wildman–Crippen LogP) is 1.52. The molecule has 1 amide bonds. The molecular weight excluding hydrogens is 396 g/mol. The Labute approximate surface area is 169 Å². The van der Waals surface area contributed by atoms with Gasteiger partial charge in [0.15, 0.2) is 5.37 Å². The molecule has 3 rings (SSSR count). The molecule has 29 heavy (non-hydrogen) atoms. The minimum atomic E-state index is -3.88. The van der Waals surface area contributed by atoms with Crippen LogP contribution in [-0.2, 0) is 14.8 Å². The summed E-state index contributed by atoms with van der Waals surface area (Å²) in [7, 11) is -2.33. The molecule has 0 aliphatic carbocycles. The number of rotatable bonds is 8. The monoisotopic (exact) mass is 420 g/mol. The summed E-state index contributed by atoms with van der Waals surface area (Å²) in [5, 5.41) is 1.61. The van der Waals surface area contributed by atoms with Gasteiger partial charge in [0.05, 0.1) is 19.6 Å².